The smallest absolute Gasteiger partial charge is 0.250 e. The maximum Gasteiger partial charge on any atom is 0.250 e. The van der Waals surface area contributed by atoms with Crippen molar-refractivity contribution in [2.24, 2.45) is 5.92 Å². The number of thioether (sulfide) groups is 1. The van der Waals surface area contributed by atoms with E-state index in [0.717, 1.165) is 18.1 Å². The molecule has 1 aliphatic rings. The highest BCUT2D eigenvalue weighted by Crippen LogP contribution is 2.41. The second-order valence-corrected chi connectivity index (χ2v) is 16.1. The van der Waals surface area contributed by atoms with Gasteiger partial charge in [-0.3, -0.25) is 0 Å². The molecule has 1 saturated carbocycles. The minimum atomic E-state index is -1.89. The van der Waals surface area contributed by atoms with Gasteiger partial charge in [0.2, 0.25) is 8.32 Å². The molecule has 1 atom stereocenters. The summed E-state index contributed by atoms with van der Waals surface area (Å²) in [5.41, 5.74) is 1.30. The molecule has 2 rings (SSSR count). The van der Waals surface area contributed by atoms with Gasteiger partial charge in [-0.1, -0.05) is 76.6 Å². The summed E-state index contributed by atoms with van der Waals surface area (Å²) in [5, 5.41) is 0.355. The van der Waals surface area contributed by atoms with Crippen LogP contribution in [0.25, 0.3) is 0 Å². The van der Waals surface area contributed by atoms with E-state index < -0.39 is 8.32 Å². The Hall–Kier alpha value is -0.933. The van der Waals surface area contributed by atoms with Gasteiger partial charge in [-0.05, 0) is 62.0 Å². The Morgan fingerprint density at radius 1 is 1.17 bits per heavy atom. The largest absolute Gasteiger partial charge is 0.546 e. The second-order valence-electron chi connectivity index (χ2n) is 10.1. The van der Waals surface area contributed by atoms with Gasteiger partial charge in [-0.15, -0.1) is 18.3 Å². The number of aryl methyl sites for hydroxylation is 1. The molecule has 1 aromatic rings. The third-order valence-electron chi connectivity index (χ3n) is 6.60. The van der Waals surface area contributed by atoms with Gasteiger partial charge in [-0.25, -0.2) is 0 Å². The van der Waals surface area contributed by atoms with E-state index in [1.807, 2.05) is 11.8 Å². The van der Waals surface area contributed by atoms with Gasteiger partial charge >= 0.3 is 0 Å². The van der Waals surface area contributed by atoms with Crippen molar-refractivity contribution < 1.29 is 4.43 Å². The number of hydrogen-bond acceptors (Lipinski definition) is 2. The van der Waals surface area contributed by atoms with Crippen molar-refractivity contribution in [2.75, 3.05) is 0 Å². The van der Waals surface area contributed by atoms with Crippen LogP contribution in [-0.2, 0) is 4.43 Å². The molecule has 0 heterocycles. The summed E-state index contributed by atoms with van der Waals surface area (Å²) < 4.78 is 6.85. The lowest BCUT2D eigenvalue weighted by atomic mass is 9.86. The fourth-order valence-corrected chi connectivity index (χ4v) is 5.72. The van der Waals surface area contributed by atoms with E-state index >= 15 is 0 Å². The number of benzene rings is 1. The third-order valence-corrected chi connectivity index (χ3v) is 12.2. The van der Waals surface area contributed by atoms with Crippen molar-refractivity contribution >= 4 is 20.1 Å². The first-order valence-corrected chi connectivity index (χ1v) is 15.2. The Morgan fingerprint density at radius 2 is 1.79 bits per heavy atom. The van der Waals surface area contributed by atoms with E-state index in [0.29, 0.717) is 0 Å². The van der Waals surface area contributed by atoms with Gasteiger partial charge in [0.05, 0.1) is 11.0 Å². The summed E-state index contributed by atoms with van der Waals surface area (Å²) >= 11 is 1.85. The highest BCUT2D eigenvalue weighted by Gasteiger charge is 2.40. The molecule has 29 heavy (non-hydrogen) atoms. The molecule has 1 aromatic carbocycles. The quantitative estimate of drug-likeness (QED) is 0.167. The van der Waals surface area contributed by atoms with Crippen LogP contribution in [0.1, 0.15) is 71.3 Å². The zero-order valence-electron chi connectivity index (χ0n) is 19.6. The minimum Gasteiger partial charge on any atom is -0.546 e. The van der Waals surface area contributed by atoms with Crippen molar-refractivity contribution in [1.29, 1.82) is 0 Å². The van der Waals surface area contributed by atoms with E-state index in [4.69, 9.17) is 4.43 Å². The Labute approximate surface area is 185 Å². The summed E-state index contributed by atoms with van der Waals surface area (Å²) in [4.78, 5) is 1.28. The maximum atomic E-state index is 6.85. The van der Waals surface area contributed by atoms with E-state index in [2.05, 4.69) is 83.8 Å². The van der Waals surface area contributed by atoms with Crippen LogP contribution < -0.4 is 0 Å². The third kappa shape index (κ3) is 7.68. The van der Waals surface area contributed by atoms with Crippen LogP contribution in [0, 0.1) is 12.8 Å². The maximum absolute atomic E-state index is 6.85. The minimum absolute atomic E-state index is 0.165. The van der Waals surface area contributed by atoms with Crippen molar-refractivity contribution in [3.05, 3.63) is 54.3 Å². The molecule has 1 fully saturated rings. The molecule has 0 aromatic heterocycles. The molecule has 1 nitrogen and oxygen atoms in total. The normalized spacial score (nSPS) is 17.8. The molecule has 3 heteroatoms. The number of hydrogen-bond donors (Lipinski definition) is 0. The predicted octanol–water partition coefficient (Wildman–Crippen LogP) is 8.91. The molecule has 0 amide bonds. The standard InChI is InChI=1S/C26H42OSSi/c1-8-25(28-23-19-17-21(2)18-20-23)24(27-29(6,7)26(3,4)5)16-12-15-22-13-10-9-11-14-22/h8,16-20,22,25H,1,9-15H2,2-7H3/b24-16-/t25-/m1/s1. The van der Waals surface area contributed by atoms with Gasteiger partial charge in [0.25, 0.3) is 0 Å². The molecular weight excluding hydrogens is 388 g/mol. The predicted molar refractivity (Wildman–Crippen MR) is 133 cm³/mol. The number of rotatable bonds is 9. The van der Waals surface area contributed by atoms with Gasteiger partial charge in [0.15, 0.2) is 0 Å². The molecule has 0 spiro atoms. The summed E-state index contributed by atoms with van der Waals surface area (Å²) in [6.45, 7) is 17.9. The SMILES string of the molecule is C=C[C@@H](Sc1ccc(C)cc1)/C(=C/CCC1CCCCC1)O[Si](C)(C)C(C)(C)C. The Bertz CT molecular complexity index is 663. The molecule has 0 saturated heterocycles. The van der Waals surface area contributed by atoms with E-state index in [1.54, 1.807) is 0 Å². The zero-order valence-corrected chi connectivity index (χ0v) is 21.4. The van der Waals surface area contributed by atoms with E-state index in [1.165, 1.54) is 49.0 Å². The molecule has 0 unspecified atom stereocenters. The molecule has 0 radical (unpaired) electrons. The monoisotopic (exact) mass is 430 g/mol. The van der Waals surface area contributed by atoms with Gasteiger partial charge in [0, 0.05) is 4.90 Å². The van der Waals surface area contributed by atoms with Gasteiger partial charge < -0.3 is 4.43 Å². The fraction of sp³-hybridized carbons (Fsp3) is 0.615. The van der Waals surface area contributed by atoms with Crippen molar-refractivity contribution in [1.82, 2.24) is 0 Å². The Morgan fingerprint density at radius 3 is 2.34 bits per heavy atom. The first kappa shape index (κ1) is 24.3. The average molecular weight is 431 g/mol. The highest BCUT2D eigenvalue weighted by atomic mass is 32.2. The lowest BCUT2D eigenvalue weighted by molar-refractivity contribution is 0.337. The molecular formula is C26H42OSSi. The van der Waals surface area contributed by atoms with Crippen LogP contribution >= 0.6 is 11.8 Å². The van der Waals surface area contributed by atoms with Gasteiger partial charge in [0.1, 0.15) is 0 Å². The second kappa shape index (κ2) is 10.9. The van der Waals surface area contributed by atoms with Crippen molar-refractivity contribution in [3.63, 3.8) is 0 Å². The summed E-state index contributed by atoms with van der Waals surface area (Å²) in [7, 11) is -1.89. The van der Waals surface area contributed by atoms with Crippen LogP contribution in [0.4, 0.5) is 0 Å². The van der Waals surface area contributed by atoms with E-state index in [-0.39, 0.29) is 10.3 Å². The van der Waals surface area contributed by atoms with Crippen LogP contribution in [0.15, 0.2) is 53.7 Å². The molecule has 1 aliphatic carbocycles. The lowest BCUT2D eigenvalue weighted by Gasteiger charge is -2.38. The molecule has 0 bridgehead atoms. The molecule has 0 aliphatic heterocycles. The van der Waals surface area contributed by atoms with Crippen molar-refractivity contribution in [3.8, 4) is 0 Å². The molecule has 162 valence electrons. The zero-order chi connectivity index (χ0) is 21.5. The summed E-state index contributed by atoms with van der Waals surface area (Å²) in [5.74, 6) is 2.04. The van der Waals surface area contributed by atoms with Gasteiger partial charge in [-0.2, -0.15) is 0 Å². The topological polar surface area (TPSA) is 9.23 Å². The number of allylic oxidation sites excluding steroid dienone is 1. The summed E-state index contributed by atoms with van der Waals surface area (Å²) in [6, 6.07) is 8.79. The van der Waals surface area contributed by atoms with Crippen LogP contribution in [0.3, 0.4) is 0 Å². The molecule has 0 N–H and O–H groups in total. The first-order chi connectivity index (χ1) is 13.6. The van der Waals surface area contributed by atoms with Crippen LogP contribution in [-0.4, -0.2) is 13.6 Å². The van der Waals surface area contributed by atoms with Crippen molar-refractivity contribution in [2.45, 2.75) is 101 Å². The average Bonchev–Trinajstić information content (AvgIpc) is 2.66. The van der Waals surface area contributed by atoms with E-state index in [9.17, 15) is 0 Å². The fourth-order valence-electron chi connectivity index (χ4n) is 3.59. The highest BCUT2D eigenvalue weighted by molar-refractivity contribution is 8.00. The Kier molecular flexibility index (Phi) is 9.15. The van der Waals surface area contributed by atoms with Crippen LogP contribution in [0.5, 0.6) is 0 Å². The Balaban J connectivity index is 2.16. The lowest BCUT2D eigenvalue weighted by Crippen LogP contribution is -2.41. The summed E-state index contributed by atoms with van der Waals surface area (Å²) in [6.07, 6.45) is 14.0. The van der Waals surface area contributed by atoms with Crippen LogP contribution in [0.2, 0.25) is 18.1 Å². The first-order valence-electron chi connectivity index (χ1n) is 11.4.